The number of hydrogen-bond donors (Lipinski definition) is 1. The molecule has 10 aromatic carbocycles. The van der Waals surface area contributed by atoms with Crippen molar-refractivity contribution in [2.24, 2.45) is 10.2 Å². The normalized spacial score (nSPS) is 10.3. The summed E-state index contributed by atoms with van der Waals surface area (Å²) >= 11 is 0. The van der Waals surface area contributed by atoms with Crippen LogP contribution in [-0.2, 0) is 35.0 Å². The number of azo groups is 1. The van der Waals surface area contributed by atoms with Crippen LogP contribution in [0.1, 0.15) is 110 Å². The Labute approximate surface area is 590 Å². The van der Waals surface area contributed by atoms with E-state index >= 15 is 0 Å². The molecule has 15 heteroatoms. The molecule has 1 amide bonds. The fourth-order valence-corrected chi connectivity index (χ4v) is 9.52. The zero-order chi connectivity index (χ0) is 71.7. The summed E-state index contributed by atoms with van der Waals surface area (Å²) in [5.74, 6) is 14.4. The van der Waals surface area contributed by atoms with Crippen molar-refractivity contribution in [3.05, 3.63) is 294 Å². The number of nitrogens with zero attached hydrogens (tertiary/aromatic N) is 3. The van der Waals surface area contributed by atoms with E-state index < -0.39 is 17.9 Å². The molecule has 0 atom stereocenters. The zero-order valence-electron chi connectivity index (χ0n) is 57.3. The van der Waals surface area contributed by atoms with E-state index in [1.165, 1.54) is 36.0 Å². The van der Waals surface area contributed by atoms with Crippen molar-refractivity contribution in [3.8, 4) is 63.9 Å². The molecular formula is C86H78N4O11. The molecule has 1 N–H and O–H groups in total. The second kappa shape index (κ2) is 38.8. The van der Waals surface area contributed by atoms with E-state index in [2.05, 4.69) is 158 Å². The average Bonchev–Trinajstić information content (AvgIpc) is 0.755. The van der Waals surface area contributed by atoms with Crippen LogP contribution in [0.3, 0.4) is 0 Å². The number of fused-ring (bicyclic) bond motifs is 2. The third-order valence-electron chi connectivity index (χ3n) is 15.1. The van der Waals surface area contributed by atoms with Crippen LogP contribution in [0.4, 0.5) is 17.1 Å². The lowest BCUT2D eigenvalue weighted by Gasteiger charge is -2.10. The highest BCUT2D eigenvalue weighted by atomic mass is 16.7. The Morgan fingerprint density at radius 3 is 1.20 bits per heavy atom. The van der Waals surface area contributed by atoms with Gasteiger partial charge >= 0.3 is 17.9 Å². The first-order valence-electron chi connectivity index (χ1n) is 32.9. The smallest absolute Gasteiger partial charge is 0.335 e. The zero-order valence-corrected chi connectivity index (χ0v) is 57.3. The summed E-state index contributed by atoms with van der Waals surface area (Å²) in [6, 6.07) is 71.0. The lowest BCUT2D eigenvalue weighted by atomic mass is 9.91. The summed E-state index contributed by atoms with van der Waals surface area (Å²) in [6.07, 6.45) is 7.00. The third-order valence-corrected chi connectivity index (χ3v) is 15.1. The molecule has 0 saturated carbocycles. The van der Waals surface area contributed by atoms with Gasteiger partial charge in [0.15, 0.2) is 0 Å². The van der Waals surface area contributed by atoms with Gasteiger partial charge in [0.2, 0.25) is 20.4 Å². The Kier molecular flexibility index (Phi) is 28.5. The van der Waals surface area contributed by atoms with Crippen molar-refractivity contribution in [1.82, 2.24) is 0 Å². The maximum Gasteiger partial charge on any atom is 0.335 e. The van der Waals surface area contributed by atoms with Gasteiger partial charge in [-0.1, -0.05) is 161 Å². The molecule has 10 rings (SSSR count). The van der Waals surface area contributed by atoms with Crippen LogP contribution in [0.2, 0.25) is 0 Å². The van der Waals surface area contributed by atoms with Crippen molar-refractivity contribution in [2.45, 2.75) is 73.1 Å². The van der Waals surface area contributed by atoms with Crippen LogP contribution < -0.4 is 24.3 Å². The van der Waals surface area contributed by atoms with Gasteiger partial charge in [-0.3, -0.25) is 4.79 Å². The molecule has 0 aliphatic rings. The Morgan fingerprint density at radius 1 is 0.416 bits per heavy atom. The first-order chi connectivity index (χ1) is 49.1. The van der Waals surface area contributed by atoms with Crippen LogP contribution in [0.25, 0.3) is 32.7 Å². The Balaban J connectivity index is 0.000000211. The number of anilines is 1. The minimum Gasteiger partial charge on any atom is -0.494 e. The Bertz CT molecular complexity index is 4650. The number of esters is 3. The van der Waals surface area contributed by atoms with Crippen LogP contribution in [0, 0.1) is 35.0 Å². The fourth-order valence-electron chi connectivity index (χ4n) is 9.52. The first-order valence-corrected chi connectivity index (χ1v) is 32.9. The van der Waals surface area contributed by atoms with Crippen LogP contribution in [0.15, 0.2) is 265 Å². The third kappa shape index (κ3) is 23.5. The summed E-state index contributed by atoms with van der Waals surface area (Å²) in [4.78, 5) is 46.4. The van der Waals surface area contributed by atoms with E-state index in [4.69, 9.17) is 38.4 Å². The van der Waals surface area contributed by atoms with Gasteiger partial charge in [-0.15, -0.1) is 0 Å². The summed E-state index contributed by atoms with van der Waals surface area (Å²) in [7, 11) is 0. The highest BCUT2D eigenvalue weighted by molar-refractivity contribution is 6.10. The largest absolute Gasteiger partial charge is 0.494 e. The van der Waals surface area contributed by atoms with E-state index in [-0.39, 0.29) is 26.3 Å². The van der Waals surface area contributed by atoms with E-state index in [0.717, 1.165) is 68.8 Å². The number of carbonyl (C=O) groups is 4. The molecule has 0 aromatic heterocycles. The number of nitriles is 1. The summed E-state index contributed by atoms with van der Waals surface area (Å²) in [6.45, 7) is 19.7. The van der Waals surface area contributed by atoms with Gasteiger partial charge < -0.3 is 38.5 Å². The number of carbonyl (C=O) groups excluding carboxylic acids is 4. The predicted molar refractivity (Wildman–Crippen MR) is 397 cm³/mol. The minimum atomic E-state index is -0.516. The molecule has 15 nitrogen and oxygen atoms in total. The number of amides is 1. The summed E-state index contributed by atoms with van der Waals surface area (Å²) in [5, 5.41) is 24.0. The number of nitrogens with one attached hydrogen (secondary N) is 1. The standard InChI is InChI=1S/C46H38O3.C22H25NO5.C18H15N3O3/c1-4-5-6-11-34-16-24-37(25-17-34)38-26-18-35(19-27-38)22-30-44-40-12-7-9-14-42(40)45(43-15-10-8-13-41(43)44)31-23-36-20-28-39(29-21-36)48-32-49-46(47)33(2)3;1-4-5-14-26-19-12-8-18(9-13-19)23-21(24)17-6-10-20(11-7-17)27-15-28-22(25)16(2)3;1-13(2)18(22)24-12-23-17-9-7-16(8-10-17)21-20-15-5-3-14(11-19)4-6-15/h7-10,12-21,24-29H,2,4-6,11,32H2,1,3H3;6-13H,2,4-5,14-15H2,1,3H3,(H,23,24);3-10H,1,12H2,2H3. The van der Waals surface area contributed by atoms with E-state index in [0.29, 0.717) is 68.8 Å². The lowest BCUT2D eigenvalue weighted by Crippen LogP contribution is -2.12. The maximum absolute atomic E-state index is 12.3. The Hall–Kier alpha value is -12.8. The predicted octanol–water partition coefficient (Wildman–Crippen LogP) is 19.7. The van der Waals surface area contributed by atoms with Crippen molar-refractivity contribution in [2.75, 3.05) is 32.3 Å². The van der Waals surface area contributed by atoms with Crippen molar-refractivity contribution in [1.29, 1.82) is 5.26 Å². The molecule has 101 heavy (non-hydrogen) atoms. The molecule has 0 saturated heterocycles. The molecule has 0 heterocycles. The molecule has 0 spiro atoms. The summed E-state index contributed by atoms with van der Waals surface area (Å²) in [5.41, 5.74) is 11.6. The minimum absolute atomic E-state index is 0.178. The molecule has 0 bridgehead atoms. The van der Waals surface area contributed by atoms with E-state index in [1.807, 2.05) is 54.6 Å². The number of rotatable bonds is 25. The van der Waals surface area contributed by atoms with Gasteiger partial charge in [-0.05, 0) is 212 Å². The van der Waals surface area contributed by atoms with Crippen molar-refractivity contribution >= 4 is 62.4 Å². The summed E-state index contributed by atoms with van der Waals surface area (Å²) < 4.78 is 36.4. The van der Waals surface area contributed by atoms with Crippen LogP contribution in [-0.4, -0.2) is 50.8 Å². The first kappa shape index (κ1) is 74.0. The number of aryl methyl sites for hydroxylation is 1. The number of ether oxygens (including phenoxy) is 7. The van der Waals surface area contributed by atoms with Gasteiger partial charge in [-0.25, -0.2) is 14.4 Å². The van der Waals surface area contributed by atoms with E-state index in [9.17, 15) is 19.2 Å². The van der Waals surface area contributed by atoms with Gasteiger partial charge in [0.25, 0.3) is 5.91 Å². The molecule has 0 radical (unpaired) electrons. The number of hydrogen-bond acceptors (Lipinski definition) is 14. The topological polar surface area (TPSA) is 193 Å². The van der Waals surface area contributed by atoms with Crippen LogP contribution in [0.5, 0.6) is 23.0 Å². The molecule has 10 aromatic rings. The molecule has 0 fully saturated rings. The van der Waals surface area contributed by atoms with Crippen molar-refractivity contribution in [3.63, 3.8) is 0 Å². The number of unbranched alkanes of at least 4 members (excludes halogenated alkanes) is 3. The molecule has 0 aliphatic carbocycles. The quantitative estimate of drug-likeness (QED) is 0.00833. The highest BCUT2D eigenvalue weighted by Crippen LogP contribution is 2.33. The monoisotopic (exact) mass is 1340 g/mol. The van der Waals surface area contributed by atoms with E-state index in [1.54, 1.807) is 106 Å². The van der Waals surface area contributed by atoms with Gasteiger partial charge in [0.1, 0.15) is 23.0 Å². The second-order valence-corrected chi connectivity index (χ2v) is 23.1. The van der Waals surface area contributed by atoms with Gasteiger partial charge in [-0.2, -0.15) is 15.5 Å². The van der Waals surface area contributed by atoms with Crippen LogP contribution >= 0.6 is 0 Å². The molecular weight excluding hydrogens is 1260 g/mol. The van der Waals surface area contributed by atoms with Gasteiger partial charge in [0, 0.05) is 50.2 Å². The van der Waals surface area contributed by atoms with Gasteiger partial charge in [0.05, 0.1) is 29.6 Å². The fraction of sp³-hybridized carbons (Fsp3) is 0.174. The SMILES string of the molecule is C=C(C)C(=O)OCOc1ccc(C#Cc2c3ccccc3c(C#Cc3ccc(-c4ccc(CCCCC)cc4)cc3)c3ccccc23)cc1.C=C(C)C(=O)OCOc1ccc(C(=O)Nc2ccc(OCCCC)cc2)cc1.C=C(C)C(=O)OCOc1ccc(N=Nc2ccc(C#N)cc2)cc1. The maximum atomic E-state index is 12.3. The average molecular weight is 1340 g/mol. The number of benzene rings is 10. The molecule has 0 aliphatic heterocycles. The Morgan fingerprint density at radius 2 is 0.782 bits per heavy atom. The van der Waals surface area contributed by atoms with Crippen molar-refractivity contribution < 1.29 is 52.3 Å². The second-order valence-electron chi connectivity index (χ2n) is 23.1. The highest BCUT2D eigenvalue weighted by Gasteiger charge is 2.13. The lowest BCUT2D eigenvalue weighted by molar-refractivity contribution is -0.146. The molecule has 508 valence electrons. The molecule has 0 unspecified atom stereocenters.